The van der Waals surface area contributed by atoms with Crippen LogP contribution in [0.5, 0.6) is 11.5 Å². The van der Waals surface area contributed by atoms with Gasteiger partial charge in [-0.15, -0.1) is 0 Å². The molecule has 0 saturated heterocycles. The van der Waals surface area contributed by atoms with Crippen molar-refractivity contribution in [2.75, 3.05) is 19.8 Å². The van der Waals surface area contributed by atoms with Gasteiger partial charge in [0.1, 0.15) is 17.6 Å². The Morgan fingerprint density at radius 3 is 1.87 bits per heavy atom. The Morgan fingerprint density at radius 1 is 0.744 bits per heavy atom. The number of carbonyl (C=O) groups excluding carboxylic acids is 2. The Labute approximate surface area is 236 Å². The van der Waals surface area contributed by atoms with Gasteiger partial charge in [-0.25, -0.2) is 0 Å². The molecule has 224 valence electrons. The summed E-state index contributed by atoms with van der Waals surface area (Å²) in [5, 5.41) is 9.62. The van der Waals surface area contributed by atoms with E-state index in [-0.39, 0.29) is 24.6 Å². The molecule has 1 aromatic rings. The van der Waals surface area contributed by atoms with Crippen LogP contribution in [0.25, 0.3) is 0 Å². The molecule has 0 aliphatic heterocycles. The van der Waals surface area contributed by atoms with E-state index in [1.54, 1.807) is 12.1 Å². The van der Waals surface area contributed by atoms with E-state index in [0.717, 1.165) is 57.8 Å². The average Bonchev–Trinajstić information content (AvgIpc) is 2.94. The van der Waals surface area contributed by atoms with Crippen molar-refractivity contribution >= 4 is 11.9 Å². The highest BCUT2D eigenvalue weighted by atomic mass is 16.5. The number of esters is 2. The van der Waals surface area contributed by atoms with Gasteiger partial charge in [0.05, 0.1) is 26.4 Å². The SMILES string of the molecule is CCCCC(CC)COC(=O)CCCCOc1cc(CO)cc(OCCCCC(=O)OC(CC)CCCC)c1. The summed E-state index contributed by atoms with van der Waals surface area (Å²) in [6, 6.07) is 5.39. The maximum Gasteiger partial charge on any atom is 0.306 e. The summed E-state index contributed by atoms with van der Waals surface area (Å²) in [4.78, 5) is 24.1. The van der Waals surface area contributed by atoms with Gasteiger partial charge in [0.2, 0.25) is 0 Å². The molecule has 2 atom stereocenters. The predicted octanol–water partition coefficient (Wildman–Crippen LogP) is 7.55. The Kier molecular flexibility index (Phi) is 20.1. The smallest absolute Gasteiger partial charge is 0.306 e. The third-order valence-corrected chi connectivity index (χ3v) is 6.87. The van der Waals surface area contributed by atoms with Crippen LogP contribution in [0.2, 0.25) is 0 Å². The largest absolute Gasteiger partial charge is 0.493 e. The Bertz CT molecular complexity index is 780. The minimum Gasteiger partial charge on any atom is -0.493 e. The van der Waals surface area contributed by atoms with Crippen molar-refractivity contribution in [3.8, 4) is 11.5 Å². The normalized spacial score (nSPS) is 12.5. The summed E-state index contributed by atoms with van der Waals surface area (Å²) in [5.74, 6) is 1.43. The van der Waals surface area contributed by atoms with Crippen LogP contribution in [-0.4, -0.2) is 43.0 Å². The van der Waals surface area contributed by atoms with Crippen LogP contribution in [0.4, 0.5) is 0 Å². The predicted molar refractivity (Wildman–Crippen MR) is 155 cm³/mol. The van der Waals surface area contributed by atoms with E-state index in [4.69, 9.17) is 18.9 Å². The maximum absolute atomic E-state index is 12.1. The summed E-state index contributed by atoms with van der Waals surface area (Å²) in [6.45, 7) is 9.85. The zero-order valence-corrected chi connectivity index (χ0v) is 25.0. The summed E-state index contributed by atoms with van der Waals surface area (Å²) in [5.41, 5.74) is 0.709. The average molecular weight is 551 g/mol. The lowest BCUT2D eigenvalue weighted by Gasteiger charge is -2.15. The third kappa shape index (κ3) is 17.1. The molecule has 1 aromatic carbocycles. The van der Waals surface area contributed by atoms with Crippen molar-refractivity contribution in [3.05, 3.63) is 23.8 Å². The number of unbranched alkanes of at least 4 members (excludes halogenated alkanes) is 4. The second-order valence-corrected chi connectivity index (χ2v) is 10.3. The summed E-state index contributed by atoms with van der Waals surface area (Å²) >= 11 is 0. The fourth-order valence-electron chi connectivity index (χ4n) is 4.22. The van der Waals surface area contributed by atoms with E-state index in [1.807, 2.05) is 13.0 Å². The van der Waals surface area contributed by atoms with Gasteiger partial charge >= 0.3 is 11.9 Å². The molecule has 1 rings (SSSR count). The van der Waals surface area contributed by atoms with E-state index in [2.05, 4.69) is 20.8 Å². The lowest BCUT2D eigenvalue weighted by atomic mass is 10.0. The van der Waals surface area contributed by atoms with Gasteiger partial charge in [-0.1, -0.05) is 59.8 Å². The van der Waals surface area contributed by atoms with E-state index in [9.17, 15) is 14.7 Å². The fourth-order valence-corrected chi connectivity index (χ4v) is 4.22. The number of hydrogen-bond donors (Lipinski definition) is 1. The zero-order valence-electron chi connectivity index (χ0n) is 25.0. The van der Waals surface area contributed by atoms with Crippen LogP contribution in [0.3, 0.4) is 0 Å². The molecule has 0 amide bonds. The van der Waals surface area contributed by atoms with Crippen LogP contribution < -0.4 is 9.47 Å². The van der Waals surface area contributed by atoms with Crippen molar-refractivity contribution in [2.24, 2.45) is 5.92 Å². The Hall–Kier alpha value is -2.28. The Balaban J connectivity index is 2.30. The minimum absolute atomic E-state index is 0.0241. The van der Waals surface area contributed by atoms with E-state index in [0.29, 0.717) is 68.5 Å². The quantitative estimate of drug-likeness (QED) is 0.105. The van der Waals surface area contributed by atoms with E-state index in [1.165, 1.54) is 6.42 Å². The van der Waals surface area contributed by atoms with Crippen molar-refractivity contribution in [1.29, 1.82) is 0 Å². The molecule has 2 unspecified atom stereocenters. The van der Waals surface area contributed by atoms with E-state index < -0.39 is 0 Å². The summed E-state index contributed by atoms with van der Waals surface area (Å²) in [6.07, 6.45) is 12.1. The second-order valence-electron chi connectivity index (χ2n) is 10.3. The van der Waals surface area contributed by atoms with Gasteiger partial charge in [0.15, 0.2) is 0 Å². The van der Waals surface area contributed by atoms with Crippen molar-refractivity contribution in [1.82, 2.24) is 0 Å². The molecule has 1 N–H and O–H groups in total. The molecule has 7 nitrogen and oxygen atoms in total. The molecule has 0 saturated carbocycles. The first-order valence-corrected chi connectivity index (χ1v) is 15.3. The number of ether oxygens (including phenoxy) is 4. The lowest BCUT2D eigenvalue weighted by molar-refractivity contribution is -0.150. The number of carbonyl (C=O) groups is 2. The van der Waals surface area contributed by atoms with Crippen LogP contribution in [0, 0.1) is 5.92 Å². The standard InChI is InChI=1S/C32H54O7/c1-5-9-15-26(7-3)25-38-31(34)17-11-13-19-36-29-21-27(24-33)22-30(23-29)37-20-14-12-18-32(35)39-28(8-4)16-10-6-2/h21-23,26,28,33H,5-20,24-25H2,1-4H3. The van der Waals surface area contributed by atoms with Crippen molar-refractivity contribution < 1.29 is 33.6 Å². The number of rotatable bonds is 24. The zero-order chi connectivity index (χ0) is 28.7. The van der Waals surface area contributed by atoms with Crippen LogP contribution in [0.1, 0.15) is 123 Å². The molecule has 0 spiro atoms. The highest BCUT2D eigenvalue weighted by Gasteiger charge is 2.12. The first kappa shape index (κ1) is 34.7. The van der Waals surface area contributed by atoms with Gasteiger partial charge in [0.25, 0.3) is 0 Å². The first-order chi connectivity index (χ1) is 18.9. The van der Waals surface area contributed by atoms with Crippen LogP contribution >= 0.6 is 0 Å². The third-order valence-electron chi connectivity index (χ3n) is 6.87. The maximum atomic E-state index is 12.1. The van der Waals surface area contributed by atoms with Crippen LogP contribution in [0.15, 0.2) is 18.2 Å². The molecule has 0 bridgehead atoms. The molecule has 0 fully saturated rings. The van der Waals surface area contributed by atoms with Gasteiger partial charge < -0.3 is 24.1 Å². The second kappa shape index (κ2) is 22.5. The molecular formula is C32H54O7. The monoisotopic (exact) mass is 550 g/mol. The van der Waals surface area contributed by atoms with Gasteiger partial charge in [-0.3, -0.25) is 9.59 Å². The van der Waals surface area contributed by atoms with E-state index >= 15 is 0 Å². The molecule has 7 heteroatoms. The highest BCUT2D eigenvalue weighted by Crippen LogP contribution is 2.24. The summed E-state index contributed by atoms with van der Waals surface area (Å²) < 4.78 is 22.7. The molecule has 0 aliphatic carbocycles. The number of aliphatic hydroxyl groups excluding tert-OH is 1. The Morgan fingerprint density at radius 2 is 1.33 bits per heavy atom. The van der Waals surface area contributed by atoms with Gasteiger partial charge in [-0.05, 0) is 68.6 Å². The number of aliphatic hydroxyl groups is 1. The molecule has 0 heterocycles. The summed E-state index contributed by atoms with van der Waals surface area (Å²) in [7, 11) is 0. The van der Waals surface area contributed by atoms with Gasteiger partial charge in [-0.2, -0.15) is 0 Å². The van der Waals surface area contributed by atoms with Gasteiger partial charge in [0, 0.05) is 18.9 Å². The van der Waals surface area contributed by atoms with Crippen LogP contribution in [-0.2, 0) is 25.7 Å². The van der Waals surface area contributed by atoms with Crippen molar-refractivity contribution in [2.45, 2.75) is 130 Å². The molecule has 0 aliphatic rings. The highest BCUT2D eigenvalue weighted by molar-refractivity contribution is 5.69. The molecular weight excluding hydrogens is 496 g/mol. The minimum atomic E-state index is -0.141. The molecule has 0 aromatic heterocycles. The molecule has 0 radical (unpaired) electrons. The number of hydrogen-bond acceptors (Lipinski definition) is 7. The first-order valence-electron chi connectivity index (χ1n) is 15.3. The fraction of sp³-hybridized carbons (Fsp3) is 0.750. The number of benzene rings is 1. The topological polar surface area (TPSA) is 91.3 Å². The molecule has 39 heavy (non-hydrogen) atoms. The van der Waals surface area contributed by atoms with Crippen molar-refractivity contribution in [3.63, 3.8) is 0 Å². The lowest BCUT2D eigenvalue weighted by Crippen LogP contribution is -2.17.